The van der Waals surface area contributed by atoms with Crippen LogP contribution in [0.15, 0.2) is 42.6 Å². The molecular weight excluding hydrogens is 523 g/mol. The highest BCUT2D eigenvalue weighted by atomic mass is 32.1. The molecule has 1 aromatic carbocycles. The number of ether oxygens (including phenoxy) is 2. The molecule has 1 unspecified atom stereocenters. The Morgan fingerprint density at radius 3 is 2.39 bits per heavy atom. The van der Waals surface area contributed by atoms with E-state index in [1.165, 1.54) is 17.5 Å². The molecule has 0 bridgehead atoms. The Hall–Kier alpha value is -3.64. The second kappa shape index (κ2) is 12.3. The Bertz CT molecular complexity index is 1310. The van der Waals surface area contributed by atoms with Crippen LogP contribution in [0.25, 0.3) is 10.6 Å². The number of nitrogens with one attached hydrogen (secondary N) is 1. The predicted octanol–water partition coefficient (Wildman–Crippen LogP) is 4.72. The number of benzene rings is 1. The van der Waals surface area contributed by atoms with E-state index in [1.54, 1.807) is 32.9 Å². The van der Waals surface area contributed by atoms with Gasteiger partial charge >= 0.3 is 18.1 Å². The van der Waals surface area contributed by atoms with Crippen LogP contribution in [0.3, 0.4) is 0 Å². The number of aromatic nitrogens is 2. The number of thiazole rings is 1. The monoisotopic (exact) mass is 549 g/mol. The number of rotatable bonds is 9. The van der Waals surface area contributed by atoms with Crippen LogP contribution in [-0.4, -0.2) is 46.2 Å². The summed E-state index contributed by atoms with van der Waals surface area (Å²) in [7, 11) is 0. The molecule has 3 aromatic rings. The number of halogens is 3. The summed E-state index contributed by atoms with van der Waals surface area (Å²) in [6.45, 7) is 7.00. The largest absolute Gasteiger partial charge is 0.491 e. The fraction of sp³-hybridized carbons (Fsp3) is 0.346. The zero-order valence-corrected chi connectivity index (χ0v) is 21.9. The lowest BCUT2D eigenvalue weighted by Crippen LogP contribution is -2.36. The van der Waals surface area contributed by atoms with E-state index in [0.717, 1.165) is 21.0 Å². The van der Waals surface area contributed by atoms with Crippen molar-refractivity contribution in [2.24, 2.45) is 0 Å². The second-order valence-corrected chi connectivity index (χ2v) is 9.92. The van der Waals surface area contributed by atoms with Gasteiger partial charge in [-0.2, -0.15) is 13.2 Å². The molecule has 0 saturated carbocycles. The van der Waals surface area contributed by atoms with Gasteiger partial charge in [-0.1, -0.05) is 29.8 Å². The van der Waals surface area contributed by atoms with E-state index in [9.17, 15) is 27.6 Å². The lowest BCUT2D eigenvalue weighted by Gasteiger charge is -2.19. The fourth-order valence-electron chi connectivity index (χ4n) is 3.38. The van der Waals surface area contributed by atoms with E-state index in [1.807, 2.05) is 31.2 Å². The first-order valence-electron chi connectivity index (χ1n) is 11.6. The predicted molar refractivity (Wildman–Crippen MR) is 133 cm³/mol. The molecule has 0 fully saturated rings. The van der Waals surface area contributed by atoms with E-state index < -0.39 is 30.3 Å². The molecule has 1 atom stereocenters. The van der Waals surface area contributed by atoms with Gasteiger partial charge in [0, 0.05) is 23.1 Å². The molecule has 0 saturated heterocycles. The van der Waals surface area contributed by atoms with Gasteiger partial charge in [-0.05, 0) is 45.4 Å². The molecule has 0 radical (unpaired) electrons. The van der Waals surface area contributed by atoms with Crippen molar-refractivity contribution in [1.29, 1.82) is 0 Å². The van der Waals surface area contributed by atoms with Crippen LogP contribution in [0.2, 0.25) is 0 Å². The zero-order chi connectivity index (χ0) is 28.0. The Morgan fingerprint density at radius 2 is 1.76 bits per heavy atom. The van der Waals surface area contributed by atoms with Crippen LogP contribution in [0.4, 0.5) is 13.2 Å². The van der Waals surface area contributed by atoms with Crippen LogP contribution in [0, 0.1) is 13.8 Å². The zero-order valence-electron chi connectivity index (χ0n) is 21.1. The molecule has 3 rings (SSSR count). The van der Waals surface area contributed by atoms with Crippen molar-refractivity contribution in [3.63, 3.8) is 0 Å². The number of pyridine rings is 1. The number of esters is 2. The lowest BCUT2D eigenvalue weighted by molar-refractivity contribution is -0.205. The number of alkyl halides is 3. The molecule has 2 aromatic heterocycles. The molecule has 0 aliphatic carbocycles. The third-order valence-corrected chi connectivity index (χ3v) is 6.19. The van der Waals surface area contributed by atoms with Crippen molar-refractivity contribution in [1.82, 2.24) is 15.3 Å². The Labute approximate surface area is 221 Å². The Morgan fingerprint density at radius 1 is 1.08 bits per heavy atom. The molecule has 12 heteroatoms. The molecule has 202 valence electrons. The Kier molecular flexibility index (Phi) is 9.34. The van der Waals surface area contributed by atoms with Gasteiger partial charge in [0.1, 0.15) is 10.7 Å². The third kappa shape index (κ3) is 7.93. The minimum atomic E-state index is -5.31. The van der Waals surface area contributed by atoms with E-state index in [4.69, 9.17) is 4.74 Å². The average Bonchev–Trinajstić information content (AvgIpc) is 3.23. The summed E-state index contributed by atoms with van der Waals surface area (Å²) in [5, 5.41) is 3.48. The van der Waals surface area contributed by atoms with Crippen LogP contribution in [0.1, 0.15) is 46.0 Å². The van der Waals surface area contributed by atoms with E-state index in [-0.39, 0.29) is 18.9 Å². The van der Waals surface area contributed by atoms with Crippen LogP contribution >= 0.6 is 11.3 Å². The van der Waals surface area contributed by atoms with Gasteiger partial charge in [0.25, 0.3) is 5.91 Å². The van der Waals surface area contributed by atoms with Crippen molar-refractivity contribution in [2.45, 2.75) is 59.0 Å². The number of amides is 1. The normalized spacial score (nSPS) is 12.3. The number of hydrogen-bond donors (Lipinski definition) is 1. The molecular formula is C26H26F3N3O5S. The average molecular weight is 550 g/mol. The smallest absolute Gasteiger partial charge is 0.384 e. The second-order valence-electron chi connectivity index (χ2n) is 8.71. The van der Waals surface area contributed by atoms with Gasteiger partial charge in [0.2, 0.25) is 0 Å². The van der Waals surface area contributed by atoms with E-state index in [2.05, 4.69) is 20.0 Å². The number of hydrogen-bond acceptors (Lipinski definition) is 8. The number of aryl methyl sites for hydroxylation is 2. The van der Waals surface area contributed by atoms with Crippen LogP contribution in [-0.2, 0) is 32.0 Å². The van der Waals surface area contributed by atoms with Gasteiger partial charge in [-0.3, -0.25) is 9.78 Å². The van der Waals surface area contributed by atoms with Crippen molar-refractivity contribution in [3.05, 3.63) is 70.0 Å². The minimum Gasteiger partial charge on any atom is -0.384 e. The van der Waals surface area contributed by atoms with Crippen molar-refractivity contribution in [3.8, 4) is 10.6 Å². The van der Waals surface area contributed by atoms with Crippen molar-refractivity contribution >= 4 is 29.2 Å². The van der Waals surface area contributed by atoms with Gasteiger partial charge in [0.15, 0.2) is 6.10 Å². The molecule has 1 amide bonds. The number of carbonyl (C=O) groups excluding carboxylic acids is 3. The maximum absolute atomic E-state index is 12.8. The van der Waals surface area contributed by atoms with Crippen LogP contribution < -0.4 is 5.32 Å². The molecule has 2 heterocycles. The van der Waals surface area contributed by atoms with E-state index >= 15 is 0 Å². The molecule has 1 N–H and O–H groups in total. The molecule has 8 nitrogen and oxygen atoms in total. The fourth-order valence-corrected chi connectivity index (χ4v) is 4.29. The minimum absolute atomic E-state index is 0.0379. The summed E-state index contributed by atoms with van der Waals surface area (Å²) in [6.07, 6.45) is -6.03. The third-order valence-electron chi connectivity index (χ3n) is 5.17. The van der Waals surface area contributed by atoms with Gasteiger partial charge in [-0.15, -0.1) is 11.3 Å². The van der Waals surface area contributed by atoms with Crippen LogP contribution in [0.5, 0.6) is 0 Å². The highest BCUT2D eigenvalue weighted by Crippen LogP contribution is 2.28. The maximum atomic E-state index is 12.8. The van der Waals surface area contributed by atoms with Crippen molar-refractivity contribution < 1.29 is 37.0 Å². The summed E-state index contributed by atoms with van der Waals surface area (Å²) >= 11 is 1.41. The first-order chi connectivity index (χ1) is 17.8. The number of carbonyl (C=O) groups is 3. The van der Waals surface area contributed by atoms with Crippen molar-refractivity contribution in [2.75, 3.05) is 0 Å². The molecule has 0 aliphatic heterocycles. The first-order valence-corrected chi connectivity index (χ1v) is 12.4. The molecule has 0 aliphatic rings. The SMILES string of the molecule is Cc1ccc(-c2nc(C(=O)NCc3cc(CC(OC(C)C)C(=O)OC(=O)C(F)(F)F)ccn3)c(C)s2)cc1. The lowest BCUT2D eigenvalue weighted by atomic mass is 10.1. The van der Waals surface area contributed by atoms with Gasteiger partial charge in [0.05, 0.1) is 18.3 Å². The number of nitrogens with zero attached hydrogens (tertiary/aromatic N) is 2. The topological polar surface area (TPSA) is 107 Å². The Balaban J connectivity index is 1.67. The highest BCUT2D eigenvalue weighted by molar-refractivity contribution is 7.15. The summed E-state index contributed by atoms with van der Waals surface area (Å²) in [4.78, 5) is 45.5. The first kappa shape index (κ1) is 28.9. The molecule has 38 heavy (non-hydrogen) atoms. The standard InChI is InChI=1S/C26H26F3N3O5S/c1-14(2)36-20(24(34)37-25(35)26(27,28)29)12-17-9-10-30-19(11-17)13-31-22(33)21-16(4)38-23(32-21)18-7-5-15(3)6-8-18/h5-11,14,20H,12-13H2,1-4H3,(H,31,33). The van der Waals surface area contributed by atoms with Gasteiger partial charge in [-0.25, -0.2) is 14.6 Å². The summed E-state index contributed by atoms with van der Waals surface area (Å²) in [5.74, 6) is -4.45. The summed E-state index contributed by atoms with van der Waals surface area (Å²) in [6, 6.07) is 10.9. The highest BCUT2D eigenvalue weighted by Gasteiger charge is 2.43. The summed E-state index contributed by atoms with van der Waals surface area (Å²) < 4.78 is 46.8. The summed E-state index contributed by atoms with van der Waals surface area (Å²) in [5.41, 5.74) is 3.24. The van der Waals surface area contributed by atoms with E-state index in [0.29, 0.717) is 17.0 Å². The quantitative estimate of drug-likeness (QED) is 0.304. The maximum Gasteiger partial charge on any atom is 0.491 e. The van der Waals surface area contributed by atoms with Gasteiger partial charge < -0.3 is 14.8 Å². The molecule has 0 spiro atoms.